The minimum absolute atomic E-state index is 0.502. The second kappa shape index (κ2) is 9.44. The van der Waals surface area contributed by atoms with Gasteiger partial charge in [-0.05, 0) is 115 Å². The van der Waals surface area contributed by atoms with Gasteiger partial charge in [-0.2, -0.15) is 0 Å². The molecule has 0 radical (unpaired) electrons. The van der Waals surface area contributed by atoms with Crippen molar-refractivity contribution in [3.8, 4) is 22.3 Å². The topological polar surface area (TPSA) is 0 Å². The Morgan fingerprint density at radius 3 is 2.24 bits per heavy atom. The Morgan fingerprint density at radius 1 is 0.811 bits per heavy atom. The van der Waals surface area contributed by atoms with Crippen molar-refractivity contribution in [1.29, 1.82) is 0 Å². The summed E-state index contributed by atoms with van der Waals surface area (Å²) in [5.74, 6) is 0.502. The monoisotopic (exact) mass is 500 g/mol. The van der Waals surface area contributed by atoms with E-state index in [9.17, 15) is 0 Å². The van der Waals surface area contributed by atoms with Gasteiger partial charge in [0.1, 0.15) is 0 Å². The summed E-state index contributed by atoms with van der Waals surface area (Å²) in [5.41, 5.74) is 20.7. The largest absolute Gasteiger partial charge is 0.0714 e. The molecule has 1 heteroatoms. The molecule has 0 aliphatic heterocycles. The van der Waals surface area contributed by atoms with Crippen molar-refractivity contribution in [2.75, 3.05) is 0 Å². The lowest BCUT2D eigenvalue weighted by atomic mass is 9.82. The zero-order chi connectivity index (χ0) is 25.8. The maximum absolute atomic E-state index is 2.61. The minimum Gasteiger partial charge on any atom is -0.0714 e. The first-order valence-electron chi connectivity index (χ1n) is 14.3. The van der Waals surface area contributed by atoms with E-state index in [1.54, 1.807) is 44.6 Å². The Bertz CT molecular complexity index is 1480. The van der Waals surface area contributed by atoms with Crippen LogP contribution >= 0.6 is 0 Å². The lowest BCUT2D eigenvalue weighted by Gasteiger charge is -2.26. The van der Waals surface area contributed by atoms with Crippen molar-refractivity contribution in [3.63, 3.8) is 0 Å². The van der Waals surface area contributed by atoms with Gasteiger partial charge in [0, 0.05) is 14.7 Å². The van der Waals surface area contributed by atoms with Gasteiger partial charge in [-0.3, -0.25) is 0 Å². The number of aryl methyl sites for hydroxylation is 1. The molecule has 0 spiro atoms. The Labute approximate surface area is 225 Å². The van der Waals surface area contributed by atoms with Crippen LogP contribution in [0.15, 0.2) is 88.5 Å². The van der Waals surface area contributed by atoms with E-state index >= 15 is 0 Å². The smallest absolute Gasteiger partial charge is 0.0435 e. The fraction of sp³-hybridized carbons (Fsp3) is 0.333. The molecule has 3 aliphatic rings. The van der Waals surface area contributed by atoms with Crippen LogP contribution in [0.4, 0.5) is 0 Å². The van der Waals surface area contributed by atoms with Crippen LogP contribution in [-0.4, -0.2) is 8.80 Å². The Kier molecular flexibility index (Phi) is 6.23. The highest BCUT2D eigenvalue weighted by atomic mass is 28.3. The first-order chi connectivity index (χ1) is 17.9. The van der Waals surface area contributed by atoms with E-state index in [1.165, 1.54) is 53.5 Å². The summed E-state index contributed by atoms with van der Waals surface area (Å²) in [6, 6.07) is 22.7. The quantitative estimate of drug-likeness (QED) is 0.306. The van der Waals surface area contributed by atoms with Crippen LogP contribution in [0.5, 0.6) is 0 Å². The van der Waals surface area contributed by atoms with Gasteiger partial charge in [-0.1, -0.05) is 96.6 Å². The average molecular weight is 501 g/mol. The van der Waals surface area contributed by atoms with Crippen molar-refractivity contribution in [1.82, 2.24) is 0 Å². The normalized spacial score (nSPS) is 20.7. The molecule has 0 fully saturated rings. The third kappa shape index (κ3) is 3.94. The van der Waals surface area contributed by atoms with E-state index < -0.39 is 8.80 Å². The summed E-state index contributed by atoms with van der Waals surface area (Å²) in [6.45, 7) is 14.6. The Morgan fingerprint density at radius 2 is 1.51 bits per heavy atom. The second-order valence-electron chi connectivity index (χ2n) is 12.0. The fourth-order valence-electron chi connectivity index (χ4n) is 7.62. The Balaban J connectivity index is 1.50. The molecule has 0 amide bonds. The fourth-order valence-corrected chi connectivity index (χ4v) is 10.1. The lowest BCUT2D eigenvalue weighted by molar-refractivity contribution is 0.770. The predicted molar refractivity (Wildman–Crippen MR) is 164 cm³/mol. The summed E-state index contributed by atoms with van der Waals surface area (Å²) in [6.07, 6.45) is 7.43. The highest BCUT2D eigenvalue weighted by Crippen LogP contribution is 2.53. The zero-order valence-electron chi connectivity index (χ0n) is 23.4. The maximum atomic E-state index is 2.61. The van der Waals surface area contributed by atoms with Gasteiger partial charge in [0.15, 0.2) is 0 Å². The van der Waals surface area contributed by atoms with Gasteiger partial charge in [0.25, 0.3) is 0 Å². The number of allylic oxidation sites excluding steroid dienone is 5. The van der Waals surface area contributed by atoms with Crippen molar-refractivity contribution < 1.29 is 0 Å². The molecule has 0 bridgehead atoms. The van der Waals surface area contributed by atoms with Gasteiger partial charge in [0.05, 0.1) is 0 Å². The molecule has 3 aromatic carbocycles. The minimum atomic E-state index is -0.833. The summed E-state index contributed by atoms with van der Waals surface area (Å²) < 4.78 is 0. The third-order valence-corrected chi connectivity index (χ3v) is 11.9. The number of benzene rings is 3. The van der Waals surface area contributed by atoms with Gasteiger partial charge in [-0.15, -0.1) is 0 Å². The van der Waals surface area contributed by atoms with Crippen LogP contribution in [0.3, 0.4) is 0 Å². The first-order valence-corrected chi connectivity index (χ1v) is 17.2. The first kappa shape index (κ1) is 24.4. The lowest BCUT2D eigenvalue weighted by Crippen LogP contribution is -2.16. The van der Waals surface area contributed by atoms with E-state index in [1.807, 2.05) is 0 Å². The van der Waals surface area contributed by atoms with Crippen LogP contribution in [0.1, 0.15) is 68.7 Å². The number of fused-ring (bicyclic) bond motifs is 2. The molecule has 2 atom stereocenters. The number of rotatable bonds is 5. The van der Waals surface area contributed by atoms with Gasteiger partial charge in [-0.25, -0.2) is 0 Å². The highest BCUT2D eigenvalue weighted by Gasteiger charge is 2.35. The molecule has 37 heavy (non-hydrogen) atoms. The molecular formula is C36H40Si. The van der Waals surface area contributed by atoms with Crippen LogP contribution in [0.2, 0.25) is 18.6 Å². The SMILES string of the molecule is CC1=Cc2c(cc3c(c2-c2ccccc2-c2ccccc2)CCC3)C1CC1=C(C)C(C)=C(C)C1[SiH](C)C. The summed E-state index contributed by atoms with van der Waals surface area (Å²) in [4.78, 5) is 0. The molecule has 0 nitrogen and oxygen atoms in total. The van der Waals surface area contributed by atoms with Gasteiger partial charge in [0.2, 0.25) is 0 Å². The molecule has 3 aromatic rings. The predicted octanol–water partition coefficient (Wildman–Crippen LogP) is 9.92. The molecule has 3 aliphatic carbocycles. The van der Waals surface area contributed by atoms with Gasteiger partial charge < -0.3 is 0 Å². The summed E-state index contributed by atoms with van der Waals surface area (Å²) in [5, 5.41) is 0. The van der Waals surface area contributed by atoms with Crippen LogP contribution in [0.25, 0.3) is 28.3 Å². The van der Waals surface area contributed by atoms with Crippen molar-refractivity contribution in [2.45, 2.75) is 77.9 Å². The molecular weight excluding hydrogens is 460 g/mol. The van der Waals surface area contributed by atoms with Crippen LogP contribution < -0.4 is 0 Å². The van der Waals surface area contributed by atoms with Crippen LogP contribution in [0, 0.1) is 0 Å². The van der Waals surface area contributed by atoms with Crippen molar-refractivity contribution in [3.05, 3.63) is 111 Å². The highest BCUT2D eigenvalue weighted by molar-refractivity contribution is 6.59. The third-order valence-electron chi connectivity index (χ3n) is 9.62. The van der Waals surface area contributed by atoms with E-state index in [2.05, 4.69) is 108 Å². The second-order valence-corrected chi connectivity index (χ2v) is 15.1. The molecule has 0 saturated carbocycles. The van der Waals surface area contributed by atoms with Gasteiger partial charge >= 0.3 is 0 Å². The summed E-state index contributed by atoms with van der Waals surface area (Å²) >= 11 is 0. The van der Waals surface area contributed by atoms with Crippen molar-refractivity contribution >= 4 is 14.9 Å². The maximum Gasteiger partial charge on any atom is 0.0435 e. The van der Waals surface area contributed by atoms with E-state index in [4.69, 9.17) is 0 Å². The number of hydrogen-bond donors (Lipinski definition) is 0. The standard InChI is InChI=1S/C36H40Si/c1-22-19-34-33(31(22)21-32-24(3)23(2)25(4)36(32)37(5)6)20-27-15-12-18-29(27)35(34)30-17-11-10-16-28(30)26-13-8-7-9-14-26/h7-11,13-14,16-17,19-20,31,36-37H,12,15,18,21H2,1-6H3. The van der Waals surface area contributed by atoms with E-state index in [0.29, 0.717) is 5.92 Å². The molecule has 2 unspecified atom stereocenters. The Hall–Kier alpha value is -2.90. The van der Waals surface area contributed by atoms with E-state index in [0.717, 1.165) is 5.54 Å². The molecule has 188 valence electrons. The number of hydrogen-bond acceptors (Lipinski definition) is 0. The summed E-state index contributed by atoms with van der Waals surface area (Å²) in [7, 11) is -0.833. The molecule has 6 rings (SSSR count). The van der Waals surface area contributed by atoms with E-state index in [-0.39, 0.29) is 0 Å². The average Bonchev–Trinajstić information content (AvgIpc) is 3.55. The molecule has 0 heterocycles. The zero-order valence-corrected chi connectivity index (χ0v) is 24.6. The molecule has 0 saturated heterocycles. The van der Waals surface area contributed by atoms with Crippen molar-refractivity contribution in [2.24, 2.45) is 0 Å². The molecule has 0 N–H and O–H groups in total. The van der Waals surface area contributed by atoms with Crippen LogP contribution in [-0.2, 0) is 12.8 Å². The molecule has 0 aromatic heterocycles.